The fourth-order valence-electron chi connectivity index (χ4n) is 1.54. The zero-order valence-electron chi connectivity index (χ0n) is 8.20. The van der Waals surface area contributed by atoms with Crippen LogP contribution in [0.25, 0.3) is 0 Å². The molecule has 0 aliphatic carbocycles. The summed E-state index contributed by atoms with van der Waals surface area (Å²) in [6, 6.07) is 4.35. The van der Waals surface area contributed by atoms with Crippen LogP contribution in [0.4, 0.5) is 0 Å². The van der Waals surface area contributed by atoms with Crippen LogP contribution in [0.15, 0.2) is 21.9 Å². The minimum absolute atomic E-state index is 0.810. The van der Waals surface area contributed by atoms with Gasteiger partial charge < -0.3 is 0 Å². The van der Waals surface area contributed by atoms with Gasteiger partial charge in [-0.2, -0.15) is 0 Å². The molecule has 0 spiro atoms. The van der Waals surface area contributed by atoms with E-state index in [2.05, 4.69) is 26.0 Å². The molecular formula is C10H12OS3. The summed E-state index contributed by atoms with van der Waals surface area (Å²) in [5.74, 6) is 0. The van der Waals surface area contributed by atoms with Crippen LogP contribution in [0.2, 0.25) is 0 Å². The monoisotopic (exact) mass is 244 g/mol. The van der Waals surface area contributed by atoms with Crippen LogP contribution in [0, 0.1) is 0 Å². The van der Waals surface area contributed by atoms with Crippen LogP contribution in [0.5, 0.6) is 0 Å². The van der Waals surface area contributed by atoms with E-state index in [-0.39, 0.29) is 0 Å². The highest BCUT2D eigenvalue weighted by molar-refractivity contribution is 9.03. The Labute approximate surface area is 94.3 Å². The van der Waals surface area contributed by atoms with E-state index in [9.17, 15) is 4.21 Å². The maximum atomic E-state index is 11.5. The number of aryl methyl sites for hydroxylation is 2. The van der Waals surface area contributed by atoms with Crippen molar-refractivity contribution >= 4 is 30.5 Å². The molecule has 4 heteroatoms. The number of hydrogen-bond donors (Lipinski definition) is 0. The minimum Gasteiger partial charge on any atom is -0.235 e. The molecule has 0 N–H and O–H groups in total. The van der Waals surface area contributed by atoms with Crippen molar-refractivity contribution in [2.24, 2.45) is 0 Å². The maximum absolute atomic E-state index is 11.5. The van der Waals surface area contributed by atoms with Gasteiger partial charge in [0.05, 0.1) is 0 Å². The standard InChI is InChI=1S/C10H12OS3/c1-3-7-5-6-8(4-2)10-9(7)12-14(11)13-10/h5-6H,3-4H2,1-2H3. The zero-order valence-corrected chi connectivity index (χ0v) is 10.7. The van der Waals surface area contributed by atoms with Crippen LogP contribution in [0.1, 0.15) is 25.0 Å². The average Bonchev–Trinajstić information content (AvgIpc) is 2.57. The fraction of sp³-hybridized carbons (Fsp3) is 0.400. The van der Waals surface area contributed by atoms with Crippen molar-refractivity contribution in [1.82, 2.24) is 0 Å². The summed E-state index contributed by atoms with van der Waals surface area (Å²) in [7, 11) is 2.20. The first-order valence-corrected chi connectivity index (χ1v) is 8.51. The van der Waals surface area contributed by atoms with Gasteiger partial charge in [0.1, 0.15) is 0 Å². The van der Waals surface area contributed by atoms with E-state index >= 15 is 0 Å². The summed E-state index contributed by atoms with van der Waals surface area (Å²) >= 11 is 0. The molecule has 2 rings (SSSR count). The minimum atomic E-state index is -0.810. The summed E-state index contributed by atoms with van der Waals surface area (Å²) < 4.78 is 11.5. The normalized spacial score (nSPS) is 15.9. The highest BCUT2D eigenvalue weighted by atomic mass is 33.5. The molecular weight excluding hydrogens is 232 g/mol. The Balaban J connectivity index is 2.55. The third-order valence-electron chi connectivity index (χ3n) is 2.34. The molecule has 0 bridgehead atoms. The van der Waals surface area contributed by atoms with Crippen molar-refractivity contribution in [3.8, 4) is 0 Å². The number of rotatable bonds is 2. The van der Waals surface area contributed by atoms with Gasteiger partial charge in [-0.05, 0) is 45.6 Å². The van der Waals surface area contributed by atoms with E-state index in [1.165, 1.54) is 42.5 Å². The SMILES string of the molecule is CCc1ccc(CC)c2c1SS(=O)S2. The first kappa shape index (κ1) is 10.6. The van der Waals surface area contributed by atoms with Crippen LogP contribution < -0.4 is 0 Å². The maximum Gasteiger partial charge on any atom is 0.151 e. The third-order valence-corrected chi connectivity index (χ3v) is 7.05. The molecule has 0 atom stereocenters. The highest BCUT2D eigenvalue weighted by Gasteiger charge is 2.24. The van der Waals surface area contributed by atoms with Crippen LogP contribution in [-0.2, 0) is 21.7 Å². The van der Waals surface area contributed by atoms with Crippen molar-refractivity contribution in [3.05, 3.63) is 23.3 Å². The Kier molecular flexibility index (Phi) is 3.24. The van der Waals surface area contributed by atoms with Gasteiger partial charge in [0, 0.05) is 9.79 Å². The summed E-state index contributed by atoms with van der Waals surface area (Å²) in [5, 5.41) is 0. The molecule has 1 aliphatic rings. The summed E-state index contributed by atoms with van der Waals surface area (Å²) in [6.45, 7) is 4.29. The highest BCUT2D eigenvalue weighted by Crippen LogP contribution is 2.50. The Bertz CT molecular complexity index is 352. The number of benzene rings is 1. The molecule has 0 saturated carbocycles. The second kappa shape index (κ2) is 4.29. The first-order chi connectivity index (χ1) is 6.76. The molecule has 1 aromatic rings. The van der Waals surface area contributed by atoms with Crippen molar-refractivity contribution in [3.63, 3.8) is 0 Å². The van der Waals surface area contributed by atoms with Crippen LogP contribution >= 0.6 is 21.6 Å². The molecule has 1 heterocycles. The molecule has 0 radical (unpaired) electrons. The quantitative estimate of drug-likeness (QED) is 0.740. The molecule has 0 saturated heterocycles. The molecule has 0 unspecified atom stereocenters. The van der Waals surface area contributed by atoms with Gasteiger partial charge in [-0.25, -0.2) is 4.21 Å². The van der Waals surface area contributed by atoms with E-state index in [1.54, 1.807) is 0 Å². The van der Waals surface area contributed by atoms with Gasteiger partial charge in [0.15, 0.2) is 8.86 Å². The van der Waals surface area contributed by atoms with Crippen LogP contribution in [0.3, 0.4) is 0 Å². The largest absolute Gasteiger partial charge is 0.235 e. The topological polar surface area (TPSA) is 17.1 Å². The molecule has 76 valence electrons. The van der Waals surface area contributed by atoms with Gasteiger partial charge in [-0.1, -0.05) is 26.0 Å². The predicted molar refractivity (Wildman–Crippen MR) is 65.1 cm³/mol. The Morgan fingerprint density at radius 2 is 1.50 bits per heavy atom. The van der Waals surface area contributed by atoms with Gasteiger partial charge in [0.25, 0.3) is 0 Å². The lowest BCUT2D eigenvalue weighted by Crippen LogP contribution is -1.90. The molecule has 1 nitrogen and oxygen atoms in total. The Morgan fingerprint density at radius 3 is 1.86 bits per heavy atom. The van der Waals surface area contributed by atoms with Gasteiger partial charge in [0.2, 0.25) is 0 Å². The first-order valence-electron chi connectivity index (χ1n) is 4.69. The summed E-state index contributed by atoms with van der Waals surface area (Å²) in [4.78, 5) is 2.52. The van der Waals surface area contributed by atoms with Crippen molar-refractivity contribution in [2.45, 2.75) is 36.5 Å². The number of fused-ring (bicyclic) bond motifs is 1. The second-order valence-electron chi connectivity index (χ2n) is 3.12. The Morgan fingerprint density at radius 1 is 1.07 bits per heavy atom. The van der Waals surface area contributed by atoms with Crippen LogP contribution in [-0.4, -0.2) is 4.21 Å². The van der Waals surface area contributed by atoms with Gasteiger partial charge in [-0.15, -0.1) is 0 Å². The second-order valence-corrected chi connectivity index (χ2v) is 8.13. The van der Waals surface area contributed by atoms with Crippen molar-refractivity contribution in [1.29, 1.82) is 0 Å². The lowest BCUT2D eigenvalue weighted by atomic mass is 10.1. The average molecular weight is 244 g/mol. The van der Waals surface area contributed by atoms with E-state index in [0.29, 0.717) is 0 Å². The Hall–Kier alpha value is 0.0700. The lowest BCUT2D eigenvalue weighted by molar-refractivity contribution is 0.699. The van der Waals surface area contributed by atoms with E-state index < -0.39 is 8.86 Å². The zero-order chi connectivity index (χ0) is 10.1. The van der Waals surface area contributed by atoms with Gasteiger partial charge >= 0.3 is 0 Å². The van der Waals surface area contributed by atoms with E-state index in [0.717, 1.165) is 12.8 Å². The van der Waals surface area contributed by atoms with Crippen molar-refractivity contribution in [2.75, 3.05) is 0 Å². The predicted octanol–water partition coefficient (Wildman–Crippen LogP) is 3.59. The molecule has 0 aromatic heterocycles. The number of hydrogen-bond acceptors (Lipinski definition) is 3. The molecule has 0 fully saturated rings. The smallest absolute Gasteiger partial charge is 0.151 e. The fourth-order valence-corrected chi connectivity index (χ4v) is 7.05. The lowest BCUT2D eigenvalue weighted by Gasteiger charge is -2.07. The molecule has 14 heavy (non-hydrogen) atoms. The molecule has 1 aliphatic heterocycles. The van der Waals surface area contributed by atoms with Gasteiger partial charge in [-0.3, -0.25) is 0 Å². The third kappa shape index (κ3) is 1.75. The van der Waals surface area contributed by atoms with E-state index in [1.807, 2.05) is 0 Å². The summed E-state index contributed by atoms with van der Waals surface area (Å²) in [5.41, 5.74) is 2.67. The summed E-state index contributed by atoms with van der Waals surface area (Å²) in [6.07, 6.45) is 2.05. The van der Waals surface area contributed by atoms with Crippen molar-refractivity contribution < 1.29 is 4.21 Å². The molecule has 0 amide bonds. The van der Waals surface area contributed by atoms with E-state index in [4.69, 9.17) is 0 Å². The molecule has 1 aromatic carbocycles.